The smallest absolute Gasteiger partial charge is 0.0517 e. The van der Waals surface area contributed by atoms with Crippen LogP contribution in [0.3, 0.4) is 0 Å². The number of benzene rings is 1. The Bertz CT molecular complexity index is 282. The van der Waals surface area contributed by atoms with Gasteiger partial charge in [0.05, 0.1) is 5.69 Å². The van der Waals surface area contributed by atoms with Crippen LogP contribution in [0.4, 0.5) is 5.69 Å². The summed E-state index contributed by atoms with van der Waals surface area (Å²) in [5.41, 5.74) is 5.00. The van der Waals surface area contributed by atoms with Crippen LogP contribution in [0.15, 0.2) is 24.3 Å². The predicted molar refractivity (Wildman–Crippen MR) is 51.8 cm³/mol. The lowest BCUT2D eigenvalue weighted by molar-refractivity contribution is 0.791. The normalized spacial score (nSPS) is 9.08. The fourth-order valence-electron chi connectivity index (χ4n) is 0.910. The average molecular weight is 160 g/mol. The first kappa shape index (κ1) is 8.63. The molecule has 0 amide bonds. The van der Waals surface area contributed by atoms with Gasteiger partial charge in [0, 0.05) is 19.7 Å². The van der Waals surface area contributed by atoms with Gasteiger partial charge in [0.1, 0.15) is 0 Å². The van der Waals surface area contributed by atoms with Crippen molar-refractivity contribution in [2.75, 3.05) is 19.1 Å². The van der Waals surface area contributed by atoms with E-state index in [1.807, 2.05) is 43.4 Å². The lowest BCUT2D eigenvalue weighted by Gasteiger charge is -2.16. The van der Waals surface area contributed by atoms with Gasteiger partial charge in [-0.05, 0) is 24.3 Å². The summed E-state index contributed by atoms with van der Waals surface area (Å²) in [6.45, 7) is 0. The molecule has 62 valence electrons. The zero-order chi connectivity index (χ0) is 8.97. The molecule has 2 heteroatoms. The third-order valence-electron chi connectivity index (χ3n) is 1.76. The largest absolute Gasteiger partial charge is 0.312 e. The summed E-state index contributed by atoms with van der Waals surface area (Å²) >= 11 is 0. The number of hydrogen-bond donors (Lipinski definition) is 1. The first-order valence-corrected chi connectivity index (χ1v) is 3.75. The minimum Gasteiger partial charge on any atom is -0.312 e. The van der Waals surface area contributed by atoms with Gasteiger partial charge in [0.2, 0.25) is 0 Å². The van der Waals surface area contributed by atoms with E-state index in [9.17, 15) is 0 Å². The zero-order valence-corrected chi connectivity index (χ0v) is 7.33. The SMILES string of the molecule is C#Cc1ccc(N(C)NC)cc1. The molecular formula is C10H12N2. The van der Waals surface area contributed by atoms with Crippen LogP contribution >= 0.6 is 0 Å². The van der Waals surface area contributed by atoms with Crippen LogP contribution in [0.5, 0.6) is 0 Å². The molecule has 2 nitrogen and oxygen atoms in total. The highest BCUT2D eigenvalue weighted by Gasteiger charge is 1.95. The predicted octanol–water partition coefficient (Wildman–Crippen LogP) is 1.24. The van der Waals surface area contributed by atoms with Crippen molar-refractivity contribution in [3.8, 4) is 12.3 Å². The number of anilines is 1. The van der Waals surface area contributed by atoms with E-state index in [1.165, 1.54) is 0 Å². The summed E-state index contributed by atoms with van der Waals surface area (Å²) in [6.07, 6.45) is 5.23. The Hall–Kier alpha value is -1.46. The van der Waals surface area contributed by atoms with Gasteiger partial charge in [-0.2, -0.15) is 0 Å². The van der Waals surface area contributed by atoms with Crippen LogP contribution in [-0.2, 0) is 0 Å². The lowest BCUT2D eigenvalue weighted by atomic mass is 10.2. The molecule has 0 bridgehead atoms. The van der Waals surface area contributed by atoms with Crippen molar-refractivity contribution in [2.45, 2.75) is 0 Å². The van der Waals surface area contributed by atoms with Crippen molar-refractivity contribution < 1.29 is 0 Å². The van der Waals surface area contributed by atoms with E-state index >= 15 is 0 Å². The van der Waals surface area contributed by atoms with E-state index in [1.54, 1.807) is 0 Å². The molecule has 0 aliphatic carbocycles. The first-order chi connectivity index (χ1) is 5.77. The van der Waals surface area contributed by atoms with Gasteiger partial charge in [0.15, 0.2) is 0 Å². The maximum Gasteiger partial charge on any atom is 0.0517 e. The topological polar surface area (TPSA) is 15.3 Å². The Morgan fingerprint density at radius 3 is 2.33 bits per heavy atom. The quantitative estimate of drug-likeness (QED) is 0.517. The molecule has 0 heterocycles. The number of nitrogens with one attached hydrogen (secondary N) is 1. The molecule has 0 aromatic heterocycles. The molecule has 0 saturated carbocycles. The van der Waals surface area contributed by atoms with Crippen molar-refractivity contribution in [3.63, 3.8) is 0 Å². The number of hydrazine groups is 1. The van der Waals surface area contributed by atoms with Crippen LogP contribution < -0.4 is 10.4 Å². The van der Waals surface area contributed by atoms with E-state index in [0.29, 0.717) is 0 Å². The van der Waals surface area contributed by atoms with Gasteiger partial charge in [-0.1, -0.05) is 5.92 Å². The highest BCUT2D eigenvalue weighted by atomic mass is 15.5. The summed E-state index contributed by atoms with van der Waals surface area (Å²) in [4.78, 5) is 0. The lowest BCUT2D eigenvalue weighted by Crippen LogP contribution is -2.30. The van der Waals surface area contributed by atoms with Gasteiger partial charge in [-0.25, -0.2) is 5.43 Å². The van der Waals surface area contributed by atoms with E-state index in [4.69, 9.17) is 6.42 Å². The van der Waals surface area contributed by atoms with Crippen LogP contribution in [0, 0.1) is 12.3 Å². The molecule has 1 N–H and O–H groups in total. The number of nitrogens with zero attached hydrogens (tertiary/aromatic N) is 1. The van der Waals surface area contributed by atoms with Crippen molar-refractivity contribution in [1.29, 1.82) is 0 Å². The van der Waals surface area contributed by atoms with Gasteiger partial charge >= 0.3 is 0 Å². The summed E-state index contributed by atoms with van der Waals surface area (Å²) in [7, 11) is 3.82. The number of rotatable bonds is 2. The van der Waals surface area contributed by atoms with E-state index in [2.05, 4.69) is 11.3 Å². The second kappa shape index (κ2) is 3.80. The fraction of sp³-hybridized carbons (Fsp3) is 0.200. The summed E-state index contributed by atoms with van der Waals surface area (Å²) in [5, 5.41) is 1.92. The van der Waals surface area contributed by atoms with Crippen LogP contribution in [0.2, 0.25) is 0 Å². The van der Waals surface area contributed by atoms with Gasteiger partial charge < -0.3 is 5.01 Å². The Morgan fingerprint density at radius 1 is 1.33 bits per heavy atom. The fourth-order valence-corrected chi connectivity index (χ4v) is 0.910. The van der Waals surface area contributed by atoms with E-state index < -0.39 is 0 Å². The molecule has 0 spiro atoms. The van der Waals surface area contributed by atoms with Gasteiger partial charge in [-0.3, -0.25) is 0 Å². The molecule has 0 unspecified atom stereocenters. The average Bonchev–Trinajstić information content (AvgIpc) is 2.17. The molecule has 0 fully saturated rings. The van der Waals surface area contributed by atoms with E-state index in [0.717, 1.165) is 11.3 Å². The third kappa shape index (κ3) is 1.77. The van der Waals surface area contributed by atoms with Gasteiger partial charge in [-0.15, -0.1) is 6.42 Å². The van der Waals surface area contributed by atoms with Crippen molar-refractivity contribution in [1.82, 2.24) is 5.43 Å². The molecule has 1 aromatic carbocycles. The molecule has 12 heavy (non-hydrogen) atoms. The maximum absolute atomic E-state index is 5.23. The van der Waals surface area contributed by atoms with Gasteiger partial charge in [0.25, 0.3) is 0 Å². The second-order valence-electron chi connectivity index (χ2n) is 2.47. The standard InChI is InChI=1S/C10H12N2/c1-4-9-5-7-10(8-6-9)12(3)11-2/h1,5-8,11H,2-3H3. The highest BCUT2D eigenvalue weighted by molar-refractivity contribution is 5.48. The summed E-state index contributed by atoms with van der Waals surface area (Å²) < 4.78 is 0. The minimum atomic E-state index is 0.906. The summed E-state index contributed by atoms with van der Waals surface area (Å²) in [5.74, 6) is 2.57. The maximum atomic E-state index is 5.23. The molecule has 0 aliphatic rings. The van der Waals surface area contributed by atoms with Crippen molar-refractivity contribution in [2.24, 2.45) is 0 Å². The molecule has 0 radical (unpaired) electrons. The third-order valence-corrected chi connectivity index (χ3v) is 1.76. The number of hydrogen-bond acceptors (Lipinski definition) is 2. The first-order valence-electron chi connectivity index (χ1n) is 3.75. The molecule has 1 aromatic rings. The molecule has 1 rings (SSSR count). The number of terminal acetylenes is 1. The van der Waals surface area contributed by atoms with Crippen LogP contribution in [0.25, 0.3) is 0 Å². The Balaban J connectivity index is 2.86. The summed E-state index contributed by atoms with van der Waals surface area (Å²) in [6, 6.07) is 7.80. The van der Waals surface area contributed by atoms with E-state index in [-0.39, 0.29) is 0 Å². The Morgan fingerprint density at radius 2 is 1.92 bits per heavy atom. The van der Waals surface area contributed by atoms with Crippen molar-refractivity contribution >= 4 is 5.69 Å². The highest BCUT2D eigenvalue weighted by Crippen LogP contribution is 2.10. The second-order valence-corrected chi connectivity index (χ2v) is 2.47. The monoisotopic (exact) mass is 160 g/mol. The molecule has 0 atom stereocenters. The Kier molecular flexibility index (Phi) is 2.73. The van der Waals surface area contributed by atoms with Crippen molar-refractivity contribution in [3.05, 3.63) is 29.8 Å². The minimum absolute atomic E-state index is 0.906. The van der Waals surface area contributed by atoms with Crippen LogP contribution in [-0.4, -0.2) is 14.1 Å². The zero-order valence-electron chi connectivity index (χ0n) is 7.33. The Labute approximate surface area is 73.2 Å². The molecule has 0 aliphatic heterocycles. The van der Waals surface area contributed by atoms with Crippen LogP contribution in [0.1, 0.15) is 5.56 Å². The molecular weight excluding hydrogens is 148 g/mol. The molecule has 0 saturated heterocycles.